The van der Waals surface area contributed by atoms with Crippen molar-refractivity contribution < 1.29 is 23.8 Å². The molecule has 0 aromatic carbocycles. The Hall–Kier alpha value is -1.34. The lowest BCUT2D eigenvalue weighted by molar-refractivity contribution is -0.137. The summed E-state index contributed by atoms with van der Waals surface area (Å²) < 4.78 is 10.3. The molecular formula is C10H12BrNO5. The third-order valence-electron chi connectivity index (χ3n) is 1.96. The van der Waals surface area contributed by atoms with E-state index >= 15 is 0 Å². The third kappa shape index (κ3) is 4.20. The number of rotatable bonds is 6. The zero-order valence-corrected chi connectivity index (χ0v) is 10.8. The average molecular weight is 306 g/mol. The van der Waals surface area contributed by atoms with Gasteiger partial charge in [0.15, 0.2) is 10.4 Å². The molecule has 17 heavy (non-hydrogen) atoms. The Morgan fingerprint density at radius 1 is 1.53 bits per heavy atom. The van der Waals surface area contributed by atoms with Crippen LogP contribution in [-0.4, -0.2) is 48.7 Å². The SMILES string of the molecule is COCCN(CC(=O)O)C(=O)c1ccc(Br)o1. The quantitative estimate of drug-likeness (QED) is 0.854. The molecule has 1 heterocycles. The Kier molecular flexibility index (Phi) is 5.17. The van der Waals surface area contributed by atoms with Crippen LogP contribution in [0, 0.1) is 0 Å². The third-order valence-corrected chi connectivity index (χ3v) is 2.39. The number of carbonyl (C=O) groups is 2. The first-order chi connectivity index (χ1) is 8.04. The number of halogens is 1. The first kappa shape index (κ1) is 13.7. The van der Waals surface area contributed by atoms with Gasteiger partial charge in [0, 0.05) is 13.7 Å². The van der Waals surface area contributed by atoms with Crippen molar-refractivity contribution >= 4 is 27.8 Å². The lowest BCUT2D eigenvalue weighted by Gasteiger charge is -2.18. The smallest absolute Gasteiger partial charge is 0.323 e. The van der Waals surface area contributed by atoms with E-state index in [9.17, 15) is 9.59 Å². The Bertz CT molecular complexity index is 403. The van der Waals surface area contributed by atoms with Crippen LogP contribution in [0.2, 0.25) is 0 Å². The molecule has 0 saturated carbocycles. The van der Waals surface area contributed by atoms with Crippen LogP contribution in [-0.2, 0) is 9.53 Å². The summed E-state index contributed by atoms with van der Waals surface area (Å²) in [6.45, 7) is 0.0708. The maximum Gasteiger partial charge on any atom is 0.323 e. The number of methoxy groups -OCH3 is 1. The van der Waals surface area contributed by atoms with Gasteiger partial charge in [-0.3, -0.25) is 9.59 Å². The second-order valence-electron chi connectivity index (χ2n) is 3.22. The fraction of sp³-hybridized carbons (Fsp3) is 0.400. The van der Waals surface area contributed by atoms with Gasteiger partial charge in [0.25, 0.3) is 5.91 Å². The van der Waals surface area contributed by atoms with E-state index in [-0.39, 0.29) is 25.5 Å². The number of hydrogen-bond donors (Lipinski definition) is 1. The highest BCUT2D eigenvalue weighted by molar-refractivity contribution is 9.10. The number of ether oxygens (including phenoxy) is 1. The molecular weight excluding hydrogens is 294 g/mol. The van der Waals surface area contributed by atoms with Crippen molar-refractivity contribution in [3.05, 3.63) is 22.6 Å². The number of amides is 1. The fourth-order valence-electron chi connectivity index (χ4n) is 1.20. The van der Waals surface area contributed by atoms with E-state index in [1.54, 1.807) is 6.07 Å². The van der Waals surface area contributed by atoms with E-state index in [1.165, 1.54) is 13.2 Å². The summed E-state index contributed by atoms with van der Waals surface area (Å²) in [5.41, 5.74) is 0. The van der Waals surface area contributed by atoms with Crippen LogP contribution in [0.15, 0.2) is 21.2 Å². The molecule has 0 aliphatic heterocycles. The summed E-state index contributed by atoms with van der Waals surface area (Å²) in [6.07, 6.45) is 0. The van der Waals surface area contributed by atoms with Crippen molar-refractivity contribution in [2.24, 2.45) is 0 Å². The standard InChI is InChI=1S/C10H12BrNO5/c1-16-5-4-12(6-9(13)14)10(15)7-2-3-8(11)17-7/h2-3H,4-6H2,1H3,(H,13,14). The molecule has 0 radical (unpaired) electrons. The van der Waals surface area contributed by atoms with Gasteiger partial charge in [-0.2, -0.15) is 0 Å². The first-order valence-corrected chi connectivity index (χ1v) is 5.59. The largest absolute Gasteiger partial charge is 0.480 e. The monoisotopic (exact) mass is 305 g/mol. The maximum atomic E-state index is 11.9. The van der Waals surface area contributed by atoms with Crippen molar-refractivity contribution in [3.63, 3.8) is 0 Å². The van der Waals surface area contributed by atoms with Crippen molar-refractivity contribution in [1.29, 1.82) is 0 Å². The molecule has 0 spiro atoms. The molecule has 94 valence electrons. The highest BCUT2D eigenvalue weighted by atomic mass is 79.9. The Morgan fingerprint density at radius 3 is 2.71 bits per heavy atom. The molecule has 0 aliphatic carbocycles. The summed E-state index contributed by atoms with van der Waals surface area (Å²) in [4.78, 5) is 23.7. The average Bonchev–Trinajstić information content (AvgIpc) is 2.69. The van der Waals surface area contributed by atoms with Crippen LogP contribution in [0.3, 0.4) is 0 Å². The Balaban J connectivity index is 2.74. The van der Waals surface area contributed by atoms with Crippen LogP contribution in [0.4, 0.5) is 0 Å². The Labute approximate surface area is 106 Å². The molecule has 0 atom stereocenters. The number of furan rings is 1. The zero-order valence-electron chi connectivity index (χ0n) is 9.18. The van der Waals surface area contributed by atoms with Crippen LogP contribution in [0.25, 0.3) is 0 Å². The fourth-order valence-corrected chi connectivity index (χ4v) is 1.51. The van der Waals surface area contributed by atoms with E-state index < -0.39 is 11.9 Å². The lowest BCUT2D eigenvalue weighted by atomic mass is 10.3. The molecule has 7 heteroatoms. The molecule has 1 N–H and O–H groups in total. The van der Waals surface area contributed by atoms with E-state index in [0.29, 0.717) is 4.67 Å². The van der Waals surface area contributed by atoms with Gasteiger partial charge in [-0.15, -0.1) is 0 Å². The van der Waals surface area contributed by atoms with Crippen molar-refractivity contribution in [3.8, 4) is 0 Å². The summed E-state index contributed by atoms with van der Waals surface area (Å²) >= 11 is 3.07. The molecule has 0 saturated heterocycles. The predicted octanol–water partition coefficient (Wildman–Crippen LogP) is 1.22. The number of carbonyl (C=O) groups excluding carboxylic acids is 1. The minimum atomic E-state index is -1.08. The van der Waals surface area contributed by atoms with Crippen molar-refractivity contribution in [2.45, 2.75) is 0 Å². The van der Waals surface area contributed by atoms with Gasteiger partial charge < -0.3 is 19.2 Å². The number of carboxylic acids is 1. The predicted molar refractivity (Wildman–Crippen MR) is 61.8 cm³/mol. The highest BCUT2D eigenvalue weighted by Gasteiger charge is 2.20. The van der Waals surface area contributed by atoms with Gasteiger partial charge in [-0.1, -0.05) is 0 Å². The number of aliphatic carboxylic acids is 1. The topological polar surface area (TPSA) is 80.0 Å². The molecule has 1 rings (SSSR count). The lowest BCUT2D eigenvalue weighted by Crippen LogP contribution is -2.37. The van der Waals surface area contributed by atoms with Crippen LogP contribution in [0.5, 0.6) is 0 Å². The van der Waals surface area contributed by atoms with Crippen molar-refractivity contribution in [1.82, 2.24) is 4.90 Å². The molecule has 0 aliphatic rings. The second-order valence-corrected chi connectivity index (χ2v) is 4.00. The summed E-state index contributed by atoms with van der Waals surface area (Å²) in [5.74, 6) is -1.47. The number of carboxylic acid groups (broad SMARTS) is 1. The first-order valence-electron chi connectivity index (χ1n) is 4.80. The van der Waals surface area contributed by atoms with Crippen molar-refractivity contribution in [2.75, 3.05) is 26.8 Å². The van der Waals surface area contributed by atoms with Crippen LogP contribution in [0.1, 0.15) is 10.6 Å². The normalized spacial score (nSPS) is 10.2. The number of hydrogen-bond acceptors (Lipinski definition) is 4. The van der Waals surface area contributed by atoms with Gasteiger partial charge in [-0.05, 0) is 28.1 Å². The van der Waals surface area contributed by atoms with E-state index in [1.807, 2.05) is 0 Å². The van der Waals surface area contributed by atoms with E-state index in [2.05, 4.69) is 15.9 Å². The molecule has 0 unspecified atom stereocenters. The highest BCUT2D eigenvalue weighted by Crippen LogP contribution is 2.15. The van der Waals surface area contributed by atoms with E-state index in [4.69, 9.17) is 14.3 Å². The minimum absolute atomic E-state index is 0.0919. The van der Waals surface area contributed by atoms with Gasteiger partial charge in [0.2, 0.25) is 0 Å². The Morgan fingerprint density at radius 2 is 2.24 bits per heavy atom. The molecule has 1 aromatic rings. The number of nitrogens with zero attached hydrogens (tertiary/aromatic N) is 1. The summed E-state index contributed by atoms with van der Waals surface area (Å²) in [6, 6.07) is 3.05. The molecule has 1 aromatic heterocycles. The van der Waals surface area contributed by atoms with Gasteiger partial charge >= 0.3 is 5.97 Å². The van der Waals surface area contributed by atoms with Crippen LogP contribution >= 0.6 is 15.9 Å². The molecule has 0 fully saturated rings. The molecule has 6 nitrogen and oxygen atoms in total. The van der Waals surface area contributed by atoms with Gasteiger partial charge in [0.1, 0.15) is 6.54 Å². The molecule has 1 amide bonds. The van der Waals surface area contributed by atoms with Gasteiger partial charge in [-0.25, -0.2) is 0 Å². The summed E-state index contributed by atoms with van der Waals surface area (Å²) in [7, 11) is 1.48. The van der Waals surface area contributed by atoms with Crippen LogP contribution < -0.4 is 0 Å². The van der Waals surface area contributed by atoms with Gasteiger partial charge in [0.05, 0.1) is 6.61 Å². The zero-order chi connectivity index (χ0) is 12.8. The van der Waals surface area contributed by atoms with E-state index in [0.717, 1.165) is 4.90 Å². The maximum absolute atomic E-state index is 11.9. The minimum Gasteiger partial charge on any atom is -0.480 e. The summed E-state index contributed by atoms with van der Waals surface area (Å²) in [5, 5.41) is 8.71. The second kappa shape index (κ2) is 6.41. The molecule has 0 bridgehead atoms.